The van der Waals surface area contributed by atoms with Gasteiger partial charge in [-0.1, -0.05) is 12.8 Å². The summed E-state index contributed by atoms with van der Waals surface area (Å²) in [6.45, 7) is 0. The van der Waals surface area contributed by atoms with Crippen LogP contribution in [0.2, 0.25) is 0 Å². The molecule has 102 valence electrons. The Morgan fingerprint density at radius 1 is 1.37 bits per heavy atom. The summed E-state index contributed by atoms with van der Waals surface area (Å²) in [5.74, 6) is -1.99. The lowest BCUT2D eigenvalue weighted by Crippen LogP contribution is -2.47. The lowest BCUT2D eigenvalue weighted by Gasteiger charge is -2.28. The van der Waals surface area contributed by atoms with Crippen molar-refractivity contribution in [3.8, 4) is 0 Å². The van der Waals surface area contributed by atoms with Gasteiger partial charge < -0.3 is 10.4 Å². The highest BCUT2D eigenvalue weighted by molar-refractivity contribution is 5.94. The molecule has 0 spiro atoms. The van der Waals surface area contributed by atoms with Crippen LogP contribution in [-0.2, 0) is 4.79 Å². The van der Waals surface area contributed by atoms with E-state index in [-0.39, 0.29) is 12.0 Å². The van der Waals surface area contributed by atoms with Gasteiger partial charge in [0.25, 0.3) is 5.91 Å². The minimum atomic E-state index is -0.931. The van der Waals surface area contributed by atoms with E-state index in [1.54, 1.807) is 0 Å². The third-order valence-corrected chi connectivity index (χ3v) is 3.42. The van der Waals surface area contributed by atoms with E-state index in [9.17, 15) is 14.0 Å². The second-order valence-corrected chi connectivity index (χ2v) is 4.88. The lowest BCUT2D eigenvalue weighted by molar-refractivity contribution is -0.138. The first kappa shape index (κ1) is 13.5. The van der Waals surface area contributed by atoms with Crippen molar-refractivity contribution in [2.75, 3.05) is 0 Å². The number of nitrogens with zero attached hydrogens (tertiary/aromatic N) is 1. The molecule has 1 amide bonds. The molecule has 0 saturated heterocycles. The largest absolute Gasteiger partial charge is 0.481 e. The van der Waals surface area contributed by atoms with Crippen molar-refractivity contribution < 1.29 is 19.1 Å². The van der Waals surface area contributed by atoms with Gasteiger partial charge in [0, 0.05) is 6.20 Å². The smallest absolute Gasteiger partial charge is 0.305 e. The van der Waals surface area contributed by atoms with Gasteiger partial charge in [0.1, 0.15) is 0 Å². The average Bonchev–Trinajstić information content (AvgIpc) is 2.77. The van der Waals surface area contributed by atoms with Crippen LogP contribution in [0.5, 0.6) is 0 Å². The molecule has 2 N–H and O–H groups in total. The second kappa shape index (κ2) is 5.34. The quantitative estimate of drug-likeness (QED) is 0.813. The number of carboxylic acids is 1. The minimum Gasteiger partial charge on any atom is -0.481 e. The van der Waals surface area contributed by atoms with Crippen LogP contribution >= 0.6 is 0 Å². The van der Waals surface area contributed by atoms with Crippen LogP contribution in [0.25, 0.3) is 0 Å². The molecule has 19 heavy (non-hydrogen) atoms. The molecule has 1 aromatic heterocycles. The molecule has 2 rings (SSSR count). The number of rotatable bonds is 4. The van der Waals surface area contributed by atoms with E-state index in [1.165, 1.54) is 6.07 Å². The molecule has 1 aliphatic rings. The number of carboxylic acid groups (broad SMARTS) is 1. The van der Waals surface area contributed by atoms with Crippen molar-refractivity contribution in [1.82, 2.24) is 10.3 Å². The van der Waals surface area contributed by atoms with E-state index in [2.05, 4.69) is 10.3 Å². The highest BCUT2D eigenvalue weighted by Crippen LogP contribution is 2.32. The highest BCUT2D eigenvalue weighted by atomic mass is 19.1. The van der Waals surface area contributed by atoms with Gasteiger partial charge in [-0.15, -0.1) is 0 Å². The summed E-state index contributed by atoms with van der Waals surface area (Å²) in [4.78, 5) is 26.4. The summed E-state index contributed by atoms with van der Waals surface area (Å²) >= 11 is 0. The fourth-order valence-corrected chi connectivity index (χ4v) is 2.51. The minimum absolute atomic E-state index is 0.0899. The van der Waals surface area contributed by atoms with E-state index in [4.69, 9.17) is 5.11 Å². The molecule has 0 radical (unpaired) electrons. The van der Waals surface area contributed by atoms with Crippen LogP contribution in [0.15, 0.2) is 18.3 Å². The molecule has 1 heterocycles. The third-order valence-electron chi connectivity index (χ3n) is 3.42. The van der Waals surface area contributed by atoms with Crippen LogP contribution < -0.4 is 5.32 Å². The average molecular weight is 266 g/mol. The Kier molecular flexibility index (Phi) is 3.78. The summed E-state index contributed by atoms with van der Waals surface area (Å²) in [5, 5.41) is 11.7. The number of aliphatic carboxylic acids is 1. The van der Waals surface area contributed by atoms with Crippen molar-refractivity contribution >= 4 is 11.9 Å². The molecule has 5 nitrogen and oxygen atoms in total. The number of nitrogens with one attached hydrogen (secondary N) is 1. The maximum Gasteiger partial charge on any atom is 0.305 e. The van der Waals surface area contributed by atoms with Crippen molar-refractivity contribution in [3.05, 3.63) is 29.8 Å². The molecule has 6 heteroatoms. The van der Waals surface area contributed by atoms with Crippen LogP contribution in [0.1, 0.15) is 42.5 Å². The predicted molar refractivity (Wildman–Crippen MR) is 65.1 cm³/mol. The number of pyridine rings is 1. The van der Waals surface area contributed by atoms with Crippen molar-refractivity contribution in [3.63, 3.8) is 0 Å². The molecule has 1 saturated carbocycles. The maximum absolute atomic E-state index is 12.7. The Morgan fingerprint density at radius 2 is 2.05 bits per heavy atom. The van der Waals surface area contributed by atoms with E-state index in [0.717, 1.165) is 25.1 Å². The third kappa shape index (κ3) is 3.27. The second-order valence-electron chi connectivity index (χ2n) is 4.88. The lowest BCUT2D eigenvalue weighted by atomic mass is 9.93. The van der Waals surface area contributed by atoms with E-state index < -0.39 is 23.4 Å². The fraction of sp³-hybridized carbons (Fsp3) is 0.462. The molecule has 1 aliphatic carbocycles. The maximum atomic E-state index is 12.7. The number of halogens is 1. The van der Waals surface area contributed by atoms with E-state index >= 15 is 0 Å². The van der Waals surface area contributed by atoms with Gasteiger partial charge in [-0.25, -0.2) is 4.98 Å². The van der Waals surface area contributed by atoms with Gasteiger partial charge in [-0.3, -0.25) is 9.59 Å². The van der Waals surface area contributed by atoms with Gasteiger partial charge in [0.15, 0.2) is 0 Å². The van der Waals surface area contributed by atoms with Crippen LogP contribution in [0.3, 0.4) is 0 Å². The number of hydrogen-bond acceptors (Lipinski definition) is 3. The topological polar surface area (TPSA) is 79.3 Å². The van der Waals surface area contributed by atoms with Crippen molar-refractivity contribution in [1.29, 1.82) is 0 Å². The molecule has 0 unspecified atom stereocenters. The molecular weight excluding hydrogens is 251 g/mol. The summed E-state index contributed by atoms with van der Waals surface area (Å²) in [7, 11) is 0. The Bertz CT molecular complexity index is 481. The molecule has 1 aromatic rings. The molecule has 0 atom stereocenters. The Balaban J connectivity index is 2.11. The number of carbonyl (C=O) groups excluding carboxylic acids is 1. The number of amides is 1. The van der Waals surface area contributed by atoms with E-state index in [1.807, 2.05) is 0 Å². The monoisotopic (exact) mass is 266 g/mol. The Hall–Kier alpha value is -1.98. The van der Waals surface area contributed by atoms with Gasteiger partial charge in [0.05, 0.1) is 17.5 Å². The molecule has 1 fully saturated rings. The highest BCUT2D eigenvalue weighted by Gasteiger charge is 2.37. The SMILES string of the molecule is O=C(O)CC1(NC(=O)c2ccc(F)nc2)CCCC1. The van der Waals surface area contributed by atoms with Gasteiger partial charge in [0.2, 0.25) is 5.95 Å². The molecule has 0 aliphatic heterocycles. The summed E-state index contributed by atoms with van der Waals surface area (Å²) in [6.07, 6.45) is 4.16. The normalized spacial score (nSPS) is 17.1. The van der Waals surface area contributed by atoms with Crippen LogP contribution in [-0.4, -0.2) is 27.5 Å². The summed E-state index contributed by atoms with van der Waals surface area (Å²) < 4.78 is 12.7. The first-order valence-corrected chi connectivity index (χ1v) is 6.17. The fourth-order valence-electron chi connectivity index (χ4n) is 2.51. The number of hydrogen-bond donors (Lipinski definition) is 2. The van der Waals surface area contributed by atoms with Crippen LogP contribution in [0.4, 0.5) is 4.39 Å². The zero-order valence-corrected chi connectivity index (χ0v) is 10.4. The predicted octanol–water partition coefficient (Wildman–Crippen LogP) is 1.74. The van der Waals surface area contributed by atoms with Crippen molar-refractivity contribution in [2.45, 2.75) is 37.6 Å². The summed E-state index contributed by atoms with van der Waals surface area (Å²) in [6, 6.07) is 2.44. The van der Waals surface area contributed by atoms with E-state index in [0.29, 0.717) is 12.8 Å². The first-order valence-electron chi connectivity index (χ1n) is 6.17. The van der Waals surface area contributed by atoms with Gasteiger partial charge >= 0.3 is 5.97 Å². The van der Waals surface area contributed by atoms with Crippen LogP contribution in [0, 0.1) is 5.95 Å². The summed E-state index contributed by atoms with van der Waals surface area (Å²) in [5.41, 5.74) is -0.449. The Morgan fingerprint density at radius 3 is 2.58 bits per heavy atom. The van der Waals surface area contributed by atoms with Crippen molar-refractivity contribution in [2.24, 2.45) is 0 Å². The first-order chi connectivity index (χ1) is 9.01. The van der Waals surface area contributed by atoms with Gasteiger partial charge in [-0.05, 0) is 25.0 Å². The Labute approximate surface area is 109 Å². The molecule has 0 bridgehead atoms. The standard InChI is InChI=1S/C13H15FN2O3/c14-10-4-3-9(8-15-10)12(19)16-13(7-11(17)18)5-1-2-6-13/h3-4,8H,1-2,5-7H2,(H,16,19)(H,17,18). The molecule has 0 aromatic carbocycles. The number of carbonyl (C=O) groups is 2. The number of aromatic nitrogens is 1. The zero-order valence-electron chi connectivity index (χ0n) is 10.4. The van der Waals surface area contributed by atoms with Gasteiger partial charge in [-0.2, -0.15) is 4.39 Å². The zero-order chi connectivity index (χ0) is 13.9. The molecular formula is C13H15FN2O3.